The molecule has 0 spiro atoms. The number of Topliss-reactive ketones (excluding diaryl/α,β-unsaturated/α-hetero) is 1. The minimum absolute atomic E-state index is 0.0972. The second-order valence-corrected chi connectivity index (χ2v) is 5.37. The van der Waals surface area contributed by atoms with Gasteiger partial charge in [-0.05, 0) is 31.7 Å². The van der Waals surface area contributed by atoms with Gasteiger partial charge in [0.2, 0.25) is 5.91 Å². The number of amides is 1. The number of carbonyl (C=O) groups excluding carboxylic acids is 2. The van der Waals surface area contributed by atoms with E-state index in [2.05, 4.69) is 36.5 Å². The van der Waals surface area contributed by atoms with Crippen molar-refractivity contribution < 1.29 is 9.59 Å². The molecule has 1 aliphatic carbocycles. The lowest BCUT2D eigenvalue weighted by Crippen LogP contribution is -2.37. The zero-order chi connectivity index (χ0) is 13.7. The van der Waals surface area contributed by atoms with Crippen molar-refractivity contribution in [2.75, 3.05) is 0 Å². The van der Waals surface area contributed by atoms with Gasteiger partial charge in [0, 0.05) is 25.3 Å². The summed E-state index contributed by atoms with van der Waals surface area (Å²) >= 11 is 0. The number of aryl methyl sites for hydroxylation is 2. The molecule has 0 bridgehead atoms. The van der Waals surface area contributed by atoms with Gasteiger partial charge in [0.1, 0.15) is 5.78 Å². The summed E-state index contributed by atoms with van der Waals surface area (Å²) in [5.41, 5.74) is 2.43. The molecule has 19 heavy (non-hydrogen) atoms. The normalized spacial score (nSPS) is 16.4. The third-order valence-electron chi connectivity index (χ3n) is 3.67. The van der Waals surface area contributed by atoms with Crippen molar-refractivity contribution in [2.24, 2.45) is 0 Å². The summed E-state index contributed by atoms with van der Waals surface area (Å²) in [6, 6.07) is 8.48. The van der Waals surface area contributed by atoms with E-state index in [4.69, 9.17) is 0 Å². The van der Waals surface area contributed by atoms with Crippen LogP contribution in [-0.2, 0) is 16.0 Å². The van der Waals surface area contributed by atoms with E-state index in [1.54, 1.807) is 0 Å². The Hall–Kier alpha value is -1.64. The SMILES string of the molecule is Cc1ccc(CCC(=O)NC2CCC(=O)CC2)cc1. The second kappa shape index (κ2) is 6.50. The Morgan fingerprint density at radius 3 is 2.47 bits per heavy atom. The van der Waals surface area contributed by atoms with E-state index in [0.717, 1.165) is 19.3 Å². The van der Waals surface area contributed by atoms with Crippen molar-refractivity contribution in [2.45, 2.75) is 51.5 Å². The zero-order valence-corrected chi connectivity index (χ0v) is 11.4. The maximum Gasteiger partial charge on any atom is 0.220 e. The summed E-state index contributed by atoms with van der Waals surface area (Å²) in [5, 5.41) is 3.03. The molecule has 3 heteroatoms. The topological polar surface area (TPSA) is 46.2 Å². The molecule has 1 saturated carbocycles. The Morgan fingerprint density at radius 2 is 1.84 bits per heavy atom. The predicted octanol–water partition coefficient (Wildman–Crippen LogP) is 2.56. The lowest BCUT2D eigenvalue weighted by atomic mass is 9.94. The van der Waals surface area contributed by atoms with Crippen molar-refractivity contribution in [1.82, 2.24) is 5.32 Å². The van der Waals surface area contributed by atoms with Crippen LogP contribution in [0.5, 0.6) is 0 Å². The Kier molecular flexibility index (Phi) is 4.72. The van der Waals surface area contributed by atoms with Crippen LogP contribution in [0.3, 0.4) is 0 Å². The van der Waals surface area contributed by atoms with Gasteiger partial charge in [-0.2, -0.15) is 0 Å². The van der Waals surface area contributed by atoms with Crippen LogP contribution in [0.15, 0.2) is 24.3 Å². The summed E-state index contributed by atoms with van der Waals surface area (Å²) in [4.78, 5) is 23.0. The Bertz CT molecular complexity index is 440. The maximum atomic E-state index is 11.8. The average Bonchev–Trinajstić information content (AvgIpc) is 2.41. The molecule has 1 N–H and O–H groups in total. The van der Waals surface area contributed by atoms with Gasteiger partial charge in [-0.3, -0.25) is 9.59 Å². The number of nitrogens with one attached hydrogen (secondary N) is 1. The molecule has 1 aliphatic rings. The number of rotatable bonds is 4. The summed E-state index contributed by atoms with van der Waals surface area (Å²) < 4.78 is 0. The summed E-state index contributed by atoms with van der Waals surface area (Å²) in [5.74, 6) is 0.421. The van der Waals surface area contributed by atoms with E-state index in [1.165, 1.54) is 11.1 Å². The quantitative estimate of drug-likeness (QED) is 0.903. The standard InChI is InChI=1S/C16H21NO2/c1-12-2-4-13(5-3-12)6-11-16(19)17-14-7-9-15(18)10-8-14/h2-5,14H,6-11H2,1H3,(H,17,19). The molecule has 0 saturated heterocycles. The molecular formula is C16H21NO2. The van der Waals surface area contributed by atoms with E-state index in [0.29, 0.717) is 25.0 Å². The third kappa shape index (κ3) is 4.51. The first-order chi connectivity index (χ1) is 9.13. The first kappa shape index (κ1) is 13.8. The summed E-state index contributed by atoms with van der Waals surface area (Å²) in [7, 11) is 0. The zero-order valence-electron chi connectivity index (χ0n) is 11.4. The monoisotopic (exact) mass is 259 g/mol. The van der Waals surface area contributed by atoms with Gasteiger partial charge in [-0.15, -0.1) is 0 Å². The van der Waals surface area contributed by atoms with Gasteiger partial charge in [0.25, 0.3) is 0 Å². The van der Waals surface area contributed by atoms with Crippen LogP contribution in [0.4, 0.5) is 0 Å². The lowest BCUT2D eigenvalue weighted by molar-refractivity contribution is -0.124. The van der Waals surface area contributed by atoms with Crippen LogP contribution < -0.4 is 5.32 Å². The van der Waals surface area contributed by atoms with Crippen molar-refractivity contribution in [3.63, 3.8) is 0 Å². The van der Waals surface area contributed by atoms with Crippen molar-refractivity contribution in [3.05, 3.63) is 35.4 Å². The Balaban J connectivity index is 1.72. The number of carbonyl (C=O) groups is 2. The molecule has 0 radical (unpaired) electrons. The minimum Gasteiger partial charge on any atom is -0.353 e. The minimum atomic E-state index is 0.0972. The fraction of sp³-hybridized carbons (Fsp3) is 0.500. The van der Waals surface area contributed by atoms with Crippen molar-refractivity contribution in [1.29, 1.82) is 0 Å². The van der Waals surface area contributed by atoms with E-state index in [1.807, 2.05) is 0 Å². The van der Waals surface area contributed by atoms with Gasteiger partial charge >= 0.3 is 0 Å². The maximum absolute atomic E-state index is 11.8. The van der Waals surface area contributed by atoms with Crippen molar-refractivity contribution >= 4 is 11.7 Å². The van der Waals surface area contributed by atoms with Gasteiger partial charge < -0.3 is 5.32 Å². The predicted molar refractivity (Wildman–Crippen MR) is 74.9 cm³/mol. The fourth-order valence-electron chi connectivity index (χ4n) is 2.40. The molecular weight excluding hydrogens is 238 g/mol. The molecule has 0 heterocycles. The van der Waals surface area contributed by atoms with Crippen LogP contribution in [0.2, 0.25) is 0 Å². The van der Waals surface area contributed by atoms with E-state index in [9.17, 15) is 9.59 Å². The first-order valence-corrected chi connectivity index (χ1v) is 7.00. The van der Waals surface area contributed by atoms with Crippen LogP contribution in [0.1, 0.15) is 43.2 Å². The molecule has 0 aromatic heterocycles. The van der Waals surface area contributed by atoms with Crippen LogP contribution >= 0.6 is 0 Å². The number of ketones is 1. The van der Waals surface area contributed by atoms with Crippen molar-refractivity contribution in [3.8, 4) is 0 Å². The Labute approximate surface area is 114 Å². The molecule has 1 fully saturated rings. The van der Waals surface area contributed by atoms with E-state index in [-0.39, 0.29) is 11.9 Å². The van der Waals surface area contributed by atoms with E-state index >= 15 is 0 Å². The lowest BCUT2D eigenvalue weighted by Gasteiger charge is -2.22. The average molecular weight is 259 g/mol. The number of hydrogen-bond acceptors (Lipinski definition) is 2. The molecule has 3 nitrogen and oxygen atoms in total. The molecule has 2 rings (SSSR count). The highest BCUT2D eigenvalue weighted by Gasteiger charge is 2.19. The van der Waals surface area contributed by atoms with Gasteiger partial charge in [0.15, 0.2) is 0 Å². The molecule has 0 aliphatic heterocycles. The van der Waals surface area contributed by atoms with Crippen LogP contribution in [0.25, 0.3) is 0 Å². The summed E-state index contributed by atoms with van der Waals surface area (Å²) in [6.45, 7) is 2.06. The highest BCUT2D eigenvalue weighted by atomic mass is 16.1. The second-order valence-electron chi connectivity index (χ2n) is 5.37. The molecule has 1 aromatic carbocycles. The molecule has 1 aromatic rings. The van der Waals surface area contributed by atoms with Crippen LogP contribution in [-0.4, -0.2) is 17.7 Å². The molecule has 1 amide bonds. The van der Waals surface area contributed by atoms with E-state index < -0.39 is 0 Å². The van der Waals surface area contributed by atoms with Crippen LogP contribution in [0, 0.1) is 6.92 Å². The molecule has 102 valence electrons. The van der Waals surface area contributed by atoms with Gasteiger partial charge in [-0.25, -0.2) is 0 Å². The van der Waals surface area contributed by atoms with Gasteiger partial charge in [-0.1, -0.05) is 29.8 Å². The highest BCUT2D eigenvalue weighted by molar-refractivity contribution is 5.80. The number of hydrogen-bond donors (Lipinski definition) is 1. The van der Waals surface area contributed by atoms with Gasteiger partial charge in [0.05, 0.1) is 0 Å². The largest absolute Gasteiger partial charge is 0.353 e. The highest BCUT2D eigenvalue weighted by Crippen LogP contribution is 2.15. The Morgan fingerprint density at radius 1 is 1.21 bits per heavy atom. The fourth-order valence-corrected chi connectivity index (χ4v) is 2.40. The summed E-state index contributed by atoms with van der Waals surface area (Å²) in [6.07, 6.45) is 4.13. The number of benzene rings is 1. The first-order valence-electron chi connectivity index (χ1n) is 7.00. The molecule has 0 unspecified atom stereocenters. The third-order valence-corrected chi connectivity index (χ3v) is 3.67. The molecule has 0 atom stereocenters. The smallest absolute Gasteiger partial charge is 0.220 e.